The second kappa shape index (κ2) is 6.93. The highest BCUT2D eigenvalue weighted by atomic mass is 127. The van der Waals surface area contributed by atoms with Gasteiger partial charge in [-0.25, -0.2) is 4.99 Å². The van der Waals surface area contributed by atoms with Crippen LogP contribution in [0.3, 0.4) is 0 Å². The smallest absolute Gasteiger partial charge is 0.193 e. The third-order valence-corrected chi connectivity index (χ3v) is 3.56. The van der Waals surface area contributed by atoms with Gasteiger partial charge in [-0.2, -0.15) is 5.10 Å². The van der Waals surface area contributed by atoms with Crippen LogP contribution in [0.4, 0.5) is 5.69 Å². The number of hydrogen-bond acceptors (Lipinski definition) is 2. The lowest BCUT2D eigenvalue weighted by molar-refractivity contribution is 0.767. The highest BCUT2D eigenvalue weighted by Gasteiger charge is 2.10. The summed E-state index contributed by atoms with van der Waals surface area (Å²) in [5, 5.41) is 7.25. The van der Waals surface area contributed by atoms with Crippen LogP contribution in [-0.4, -0.2) is 15.7 Å². The molecule has 0 fully saturated rings. The number of anilines is 1. The van der Waals surface area contributed by atoms with E-state index in [1.807, 2.05) is 13.2 Å². The minimum atomic E-state index is 0. The normalized spacial score (nSPS) is 13.7. The lowest BCUT2D eigenvalue weighted by atomic mass is 10.1. The molecular formula is C15H20IN5. The summed E-state index contributed by atoms with van der Waals surface area (Å²) in [4.78, 5) is 4.33. The summed E-state index contributed by atoms with van der Waals surface area (Å²) in [5.41, 5.74) is 10.9. The summed E-state index contributed by atoms with van der Waals surface area (Å²) in [6.45, 7) is 0.539. The van der Waals surface area contributed by atoms with Crippen molar-refractivity contribution in [3.8, 4) is 0 Å². The summed E-state index contributed by atoms with van der Waals surface area (Å²) in [6.07, 6.45) is 7.35. The second-order valence-electron chi connectivity index (χ2n) is 5.19. The van der Waals surface area contributed by atoms with Gasteiger partial charge in [-0.3, -0.25) is 4.68 Å². The number of nitrogens with one attached hydrogen (secondary N) is 1. The summed E-state index contributed by atoms with van der Waals surface area (Å²) >= 11 is 0. The predicted octanol–water partition coefficient (Wildman–Crippen LogP) is 2.45. The minimum absolute atomic E-state index is 0. The molecule has 1 aliphatic carbocycles. The first-order valence-electron chi connectivity index (χ1n) is 6.87. The lowest BCUT2D eigenvalue weighted by Gasteiger charge is -2.07. The fourth-order valence-corrected chi connectivity index (χ4v) is 2.57. The molecule has 3 rings (SSSR count). The molecule has 0 radical (unpaired) electrons. The van der Waals surface area contributed by atoms with Gasteiger partial charge in [-0.15, -0.1) is 24.0 Å². The van der Waals surface area contributed by atoms with Crippen LogP contribution < -0.4 is 11.1 Å². The summed E-state index contributed by atoms with van der Waals surface area (Å²) in [6, 6.07) is 6.42. The first-order chi connectivity index (χ1) is 9.70. The van der Waals surface area contributed by atoms with Gasteiger partial charge in [0.15, 0.2) is 5.96 Å². The van der Waals surface area contributed by atoms with E-state index in [0.717, 1.165) is 17.7 Å². The van der Waals surface area contributed by atoms with Gasteiger partial charge in [0.1, 0.15) is 0 Å². The van der Waals surface area contributed by atoms with Gasteiger partial charge in [0.2, 0.25) is 0 Å². The van der Waals surface area contributed by atoms with Crippen molar-refractivity contribution >= 4 is 35.6 Å². The number of aromatic nitrogens is 2. The molecule has 0 unspecified atom stereocenters. The monoisotopic (exact) mass is 397 g/mol. The Morgan fingerprint density at radius 1 is 1.38 bits per heavy atom. The minimum Gasteiger partial charge on any atom is -0.370 e. The van der Waals surface area contributed by atoms with E-state index in [-0.39, 0.29) is 24.0 Å². The molecule has 0 spiro atoms. The molecule has 0 saturated carbocycles. The molecule has 0 atom stereocenters. The first kappa shape index (κ1) is 15.8. The highest BCUT2D eigenvalue weighted by Crippen LogP contribution is 2.24. The molecule has 1 heterocycles. The van der Waals surface area contributed by atoms with Crippen molar-refractivity contribution in [3.63, 3.8) is 0 Å². The van der Waals surface area contributed by atoms with Crippen LogP contribution >= 0.6 is 24.0 Å². The van der Waals surface area contributed by atoms with Gasteiger partial charge in [0.05, 0.1) is 12.7 Å². The molecule has 0 aliphatic heterocycles. The van der Waals surface area contributed by atoms with E-state index in [1.165, 1.54) is 24.0 Å². The standard InChI is InChI=1S/C15H19N5.HI/c1-20-10-11(9-18-20)8-17-15(16)19-14-6-5-12-3-2-4-13(12)7-14;/h5-7,9-10H,2-4,8H2,1H3,(H3,16,17,19);1H. The Morgan fingerprint density at radius 3 is 2.95 bits per heavy atom. The number of rotatable bonds is 3. The molecule has 2 aromatic rings. The van der Waals surface area contributed by atoms with Crippen molar-refractivity contribution in [3.05, 3.63) is 47.3 Å². The molecule has 3 N–H and O–H groups in total. The van der Waals surface area contributed by atoms with Crippen LogP contribution in [0.25, 0.3) is 0 Å². The van der Waals surface area contributed by atoms with Crippen LogP contribution in [0.5, 0.6) is 0 Å². The Kier molecular flexibility index (Phi) is 5.22. The maximum absolute atomic E-state index is 5.92. The van der Waals surface area contributed by atoms with Crippen molar-refractivity contribution in [2.45, 2.75) is 25.8 Å². The average molecular weight is 397 g/mol. The van der Waals surface area contributed by atoms with Gasteiger partial charge < -0.3 is 11.1 Å². The maximum atomic E-state index is 5.92. The molecule has 5 nitrogen and oxygen atoms in total. The van der Waals surface area contributed by atoms with Gasteiger partial charge in [0.25, 0.3) is 0 Å². The molecule has 21 heavy (non-hydrogen) atoms. The molecular weight excluding hydrogens is 377 g/mol. The quantitative estimate of drug-likeness (QED) is 0.475. The van der Waals surface area contributed by atoms with E-state index in [1.54, 1.807) is 10.9 Å². The van der Waals surface area contributed by atoms with E-state index in [4.69, 9.17) is 5.73 Å². The van der Waals surface area contributed by atoms with E-state index in [0.29, 0.717) is 12.5 Å². The number of halogens is 1. The van der Waals surface area contributed by atoms with Crippen molar-refractivity contribution in [2.75, 3.05) is 5.32 Å². The number of benzene rings is 1. The molecule has 112 valence electrons. The molecule has 0 amide bonds. The lowest BCUT2D eigenvalue weighted by Crippen LogP contribution is -2.22. The fraction of sp³-hybridized carbons (Fsp3) is 0.333. The largest absolute Gasteiger partial charge is 0.370 e. The van der Waals surface area contributed by atoms with Crippen LogP contribution in [0.1, 0.15) is 23.1 Å². The summed E-state index contributed by atoms with van der Waals surface area (Å²) in [5.74, 6) is 0.437. The number of aryl methyl sites for hydroxylation is 3. The van der Waals surface area contributed by atoms with E-state index in [9.17, 15) is 0 Å². The van der Waals surface area contributed by atoms with Crippen molar-refractivity contribution in [1.82, 2.24) is 9.78 Å². The predicted molar refractivity (Wildman–Crippen MR) is 96.0 cm³/mol. The van der Waals surface area contributed by atoms with E-state index >= 15 is 0 Å². The average Bonchev–Trinajstić information content (AvgIpc) is 3.04. The Hall–Kier alpha value is -1.57. The third kappa shape index (κ3) is 3.96. The fourth-order valence-electron chi connectivity index (χ4n) is 2.57. The van der Waals surface area contributed by atoms with E-state index in [2.05, 4.69) is 33.6 Å². The van der Waals surface area contributed by atoms with Crippen LogP contribution in [-0.2, 0) is 26.4 Å². The number of fused-ring (bicyclic) bond motifs is 1. The second-order valence-corrected chi connectivity index (χ2v) is 5.19. The van der Waals surface area contributed by atoms with Gasteiger partial charge in [0, 0.05) is 24.5 Å². The number of guanidine groups is 1. The van der Waals surface area contributed by atoms with Gasteiger partial charge in [-0.1, -0.05) is 6.07 Å². The molecule has 1 aromatic heterocycles. The molecule has 0 saturated heterocycles. The van der Waals surface area contributed by atoms with Gasteiger partial charge >= 0.3 is 0 Å². The van der Waals surface area contributed by atoms with Crippen LogP contribution in [0.15, 0.2) is 35.6 Å². The van der Waals surface area contributed by atoms with Gasteiger partial charge in [-0.05, 0) is 42.5 Å². The molecule has 0 bridgehead atoms. The highest BCUT2D eigenvalue weighted by molar-refractivity contribution is 14.0. The topological polar surface area (TPSA) is 68.2 Å². The number of nitrogens with zero attached hydrogens (tertiary/aromatic N) is 3. The zero-order valence-corrected chi connectivity index (χ0v) is 14.4. The number of hydrogen-bond donors (Lipinski definition) is 2. The van der Waals surface area contributed by atoms with Crippen LogP contribution in [0, 0.1) is 0 Å². The van der Waals surface area contributed by atoms with Crippen molar-refractivity contribution in [2.24, 2.45) is 17.8 Å². The molecule has 6 heteroatoms. The van der Waals surface area contributed by atoms with Crippen molar-refractivity contribution < 1.29 is 0 Å². The SMILES string of the molecule is Cn1cc(CN=C(N)Nc2ccc3c(c2)CCC3)cn1.I. The van der Waals surface area contributed by atoms with Crippen LogP contribution in [0.2, 0.25) is 0 Å². The van der Waals surface area contributed by atoms with E-state index < -0.39 is 0 Å². The van der Waals surface area contributed by atoms with Crippen molar-refractivity contribution in [1.29, 1.82) is 0 Å². The number of aliphatic imine (C=N–C) groups is 1. The summed E-state index contributed by atoms with van der Waals surface area (Å²) < 4.78 is 1.76. The molecule has 1 aromatic carbocycles. The zero-order valence-electron chi connectivity index (χ0n) is 12.0. The Bertz CT molecular complexity index is 647. The molecule has 1 aliphatic rings. The Balaban J connectivity index is 0.00000161. The Morgan fingerprint density at radius 2 is 2.19 bits per heavy atom. The number of nitrogens with two attached hydrogens (primary N) is 1. The maximum Gasteiger partial charge on any atom is 0.193 e. The Labute approximate surface area is 141 Å². The zero-order chi connectivity index (χ0) is 13.9. The first-order valence-corrected chi connectivity index (χ1v) is 6.87. The third-order valence-electron chi connectivity index (χ3n) is 3.56. The summed E-state index contributed by atoms with van der Waals surface area (Å²) in [7, 11) is 1.89.